The van der Waals surface area contributed by atoms with Crippen molar-refractivity contribution in [3.8, 4) is 11.8 Å². The highest BCUT2D eigenvalue weighted by Gasteiger charge is 2.25. The maximum absolute atomic E-state index is 11.0. The summed E-state index contributed by atoms with van der Waals surface area (Å²) in [7, 11) is 0. The van der Waals surface area contributed by atoms with E-state index in [4.69, 9.17) is 28.5 Å². The van der Waals surface area contributed by atoms with Gasteiger partial charge in [0.05, 0.1) is 15.7 Å². The van der Waals surface area contributed by atoms with Crippen molar-refractivity contribution in [2.75, 3.05) is 5.01 Å². The van der Waals surface area contributed by atoms with Gasteiger partial charge in [-0.1, -0.05) is 23.2 Å². The number of halogens is 2. The van der Waals surface area contributed by atoms with Gasteiger partial charge in [0, 0.05) is 0 Å². The van der Waals surface area contributed by atoms with Crippen LogP contribution in [0.2, 0.25) is 10.0 Å². The lowest BCUT2D eigenvalue weighted by atomic mass is 10.2. The van der Waals surface area contributed by atoms with Gasteiger partial charge in [0.1, 0.15) is 6.07 Å². The quantitative estimate of drug-likeness (QED) is 0.756. The van der Waals surface area contributed by atoms with E-state index in [0.29, 0.717) is 0 Å². The average Bonchev–Trinajstić information content (AvgIpc) is 2.50. The average molecular weight is 323 g/mol. The van der Waals surface area contributed by atoms with Crippen LogP contribution in [0.3, 0.4) is 0 Å². The van der Waals surface area contributed by atoms with Crippen LogP contribution in [-0.4, -0.2) is 22.7 Å². The Bertz CT molecular complexity index is 776. The number of hydrazone groups is 1. The van der Waals surface area contributed by atoms with Gasteiger partial charge in [-0.3, -0.25) is 0 Å². The van der Waals surface area contributed by atoms with Gasteiger partial charge in [-0.25, -0.2) is 14.6 Å². The monoisotopic (exact) mass is 322 g/mol. The number of phenolic OH excluding ortho intramolecular Hbond substituents is 1. The summed E-state index contributed by atoms with van der Waals surface area (Å²) < 4.78 is 0. The Morgan fingerprint density at radius 3 is 2.33 bits per heavy atom. The fourth-order valence-corrected chi connectivity index (χ4v) is 1.99. The number of hydrogen-bond donors (Lipinski definition) is 2. The van der Waals surface area contributed by atoms with Crippen molar-refractivity contribution in [1.29, 1.82) is 5.26 Å². The van der Waals surface area contributed by atoms with Crippen molar-refractivity contribution in [3.05, 3.63) is 33.7 Å². The molecule has 1 aliphatic heterocycles. The lowest BCUT2D eigenvalue weighted by Gasteiger charge is -2.25. The second-order valence-corrected chi connectivity index (χ2v) is 4.50. The first-order valence-electron chi connectivity index (χ1n) is 5.26. The minimum atomic E-state index is -0.332. The minimum Gasteiger partial charge on any atom is -0.505 e. The zero-order chi connectivity index (χ0) is 15.6. The lowest BCUT2D eigenvalue weighted by molar-refractivity contribution is 0.476. The van der Waals surface area contributed by atoms with Gasteiger partial charge in [0.2, 0.25) is 5.82 Å². The molecule has 0 aromatic heterocycles. The summed E-state index contributed by atoms with van der Waals surface area (Å²) in [6.07, 6.45) is 0. The Hall–Kier alpha value is -2.74. The Morgan fingerprint density at radius 2 is 1.86 bits per heavy atom. The lowest BCUT2D eigenvalue weighted by Crippen LogP contribution is -2.37. The number of rotatable bonds is 1. The Labute approximate surface area is 128 Å². The summed E-state index contributed by atoms with van der Waals surface area (Å²) in [5.41, 5.74) is -0.390. The molecule has 2 N–H and O–H groups in total. The molecule has 0 saturated heterocycles. The first-order chi connectivity index (χ1) is 10.0. The number of nitriles is 1. The molecular weight excluding hydrogens is 319 g/mol. The molecule has 0 fully saturated rings. The van der Waals surface area contributed by atoms with Crippen LogP contribution in [0.5, 0.6) is 5.75 Å². The maximum atomic E-state index is 11.0. The maximum Gasteiger partial charge on any atom is 0.219 e. The highest BCUT2D eigenvalue weighted by atomic mass is 35.5. The van der Waals surface area contributed by atoms with Crippen LogP contribution < -0.4 is 10.3 Å². The van der Waals surface area contributed by atoms with Crippen molar-refractivity contribution in [2.45, 2.75) is 0 Å². The van der Waals surface area contributed by atoms with Crippen molar-refractivity contribution >= 4 is 46.5 Å². The molecule has 0 amide bonds. The summed E-state index contributed by atoms with van der Waals surface area (Å²) in [4.78, 5) is 21.7. The smallest absolute Gasteiger partial charge is 0.219 e. The normalized spacial score (nSPS) is 13.8. The van der Waals surface area contributed by atoms with Crippen LogP contribution in [0.1, 0.15) is 0 Å². The Balaban J connectivity index is 2.64. The zero-order valence-corrected chi connectivity index (χ0v) is 11.5. The molecular formula is C12H4Cl2N4O3. The fraction of sp³-hybridized carbons (Fsp3) is 0. The first-order valence-corrected chi connectivity index (χ1v) is 6.01. The molecule has 7 nitrogen and oxygen atoms in total. The molecule has 0 atom stereocenters. The van der Waals surface area contributed by atoms with E-state index in [9.17, 15) is 14.7 Å². The predicted octanol–water partition coefficient (Wildman–Crippen LogP) is 1.38. The molecule has 2 rings (SSSR count). The molecule has 104 valence electrons. The van der Waals surface area contributed by atoms with E-state index in [0.717, 1.165) is 5.01 Å². The van der Waals surface area contributed by atoms with E-state index in [2.05, 4.69) is 10.4 Å². The van der Waals surface area contributed by atoms with E-state index < -0.39 is 0 Å². The van der Waals surface area contributed by atoms with Crippen molar-refractivity contribution < 1.29 is 14.7 Å². The summed E-state index contributed by atoms with van der Waals surface area (Å²) in [5.74, 6) is 2.40. The van der Waals surface area contributed by atoms with Crippen LogP contribution in [0.4, 0.5) is 5.69 Å². The number of carbonyl (C=O) groups excluding carboxylic acids is 2. The van der Waals surface area contributed by atoms with Gasteiger partial charge in [-0.2, -0.15) is 10.4 Å². The van der Waals surface area contributed by atoms with Crippen LogP contribution >= 0.6 is 23.2 Å². The second kappa shape index (κ2) is 5.71. The van der Waals surface area contributed by atoms with Crippen molar-refractivity contribution in [2.24, 2.45) is 5.10 Å². The standard InChI is InChI=1S/C12H4Cl2N4O3/c13-7-1-6(2-8(14)12(7)21)18-11(5-20)16-10(4-19)9(3-15)17-18/h1-2,16,21H. The number of nitrogens with one attached hydrogen (secondary N) is 1. The number of nitrogens with zero attached hydrogens (tertiary/aromatic N) is 3. The summed E-state index contributed by atoms with van der Waals surface area (Å²) >= 11 is 11.6. The molecule has 0 radical (unpaired) electrons. The zero-order valence-electron chi connectivity index (χ0n) is 10.0. The second-order valence-electron chi connectivity index (χ2n) is 3.68. The van der Waals surface area contributed by atoms with Crippen LogP contribution in [0, 0.1) is 11.3 Å². The van der Waals surface area contributed by atoms with Crippen LogP contribution in [-0.2, 0) is 9.59 Å². The van der Waals surface area contributed by atoms with Crippen molar-refractivity contribution in [1.82, 2.24) is 5.32 Å². The third kappa shape index (κ3) is 2.61. The number of hydrogen-bond acceptors (Lipinski definition) is 7. The van der Waals surface area contributed by atoms with Gasteiger partial charge < -0.3 is 10.4 Å². The molecule has 0 spiro atoms. The van der Waals surface area contributed by atoms with E-state index in [1.807, 2.05) is 0 Å². The highest BCUT2D eigenvalue weighted by molar-refractivity contribution is 6.37. The third-order valence-electron chi connectivity index (χ3n) is 2.44. The minimum absolute atomic E-state index is 0.0758. The number of anilines is 1. The van der Waals surface area contributed by atoms with Crippen LogP contribution in [0.15, 0.2) is 28.8 Å². The molecule has 1 aromatic rings. The van der Waals surface area contributed by atoms with E-state index in [1.54, 1.807) is 6.07 Å². The molecule has 9 heteroatoms. The molecule has 1 aliphatic rings. The molecule has 1 aromatic carbocycles. The molecule has 0 unspecified atom stereocenters. The highest BCUT2D eigenvalue weighted by Crippen LogP contribution is 2.37. The molecule has 1 heterocycles. The first kappa shape index (κ1) is 14.7. The number of allylic oxidation sites excluding steroid dienone is 1. The number of phenols is 1. The third-order valence-corrected chi connectivity index (χ3v) is 3.02. The van der Waals surface area contributed by atoms with E-state index in [1.165, 1.54) is 24.0 Å². The van der Waals surface area contributed by atoms with Gasteiger partial charge >= 0.3 is 0 Å². The molecule has 21 heavy (non-hydrogen) atoms. The van der Waals surface area contributed by atoms with E-state index >= 15 is 0 Å². The summed E-state index contributed by atoms with van der Waals surface area (Å²) in [6, 6.07) is 4.23. The summed E-state index contributed by atoms with van der Waals surface area (Å²) in [6.45, 7) is 0. The summed E-state index contributed by atoms with van der Waals surface area (Å²) in [5, 5.41) is 25.4. The van der Waals surface area contributed by atoms with Gasteiger partial charge in [-0.05, 0) is 12.1 Å². The molecule has 0 bridgehead atoms. The Morgan fingerprint density at radius 1 is 1.24 bits per heavy atom. The molecule has 0 saturated carbocycles. The van der Waals surface area contributed by atoms with Gasteiger partial charge in [0.25, 0.3) is 0 Å². The van der Waals surface area contributed by atoms with Crippen molar-refractivity contribution in [3.63, 3.8) is 0 Å². The van der Waals surface area contributed by atoms with E-state index in [-0.39, 0.29) is 38.7 Å². The molecule has 0 aliphatic carbocycles. The number of aromatic hydroxyl groups is 1. The Kier molecular flexibility index (Phi) is 3.99. The SMILES string of the molecule is N#CC1=NN(c2cc(Cl)c(O)c(Cl)c2)C(=C=O)NC1=C=O. The number of benzene rings is 1. The largest absolute Gasteiger partial charge is 0.505 e. The van der Waals surface area contributed by atoms with Gasteiger partial charge in [-0.15, -0.1) is 0 Å². The predicted molar refractivity (Wildman–Crippen MR) is 75.2 cm³/mol. The van der Waals surface area contributed by atoms with Crippen LogP contribution in [0.25, 0.3) is 0 Å². The topological polar surface area (TPSA) is 106 Å². The fourth-order valence-electron chi connectivity index (χ4n) is 1.51. The van der Waals surface area contributed by atoms with Gasteiger partial charge in [0.15, 0.2) is 29.0 Å².